The van der Waals surface area contributed by atoms with E-state index in [4.69, 9.17) is 0 Å². The van der Waals surface area contributed by atoms with Crippen molar-refractivity contribution < 1.29 is 4.39 Å². The zero-order valence-corrected chi connectivity index (χ0v) is 12.2. The van der Waals surface area contributed by atoms with Gasteiger partial charge in [-0.2, -0.15) is 0 Å². The summed E-state index contributed by atoms with van der Waals surface area (Å²) >= 11 is 0. The predicted molar refractivity (Wildman–Crippen MR) is 79.2 cm³/mol. The summed E-state index contributed by atoms with van der Waals surface area (Å²) in [6.45, 7) is 5.44. The SMILES string of the molecule is CNC(C)c1cc(F)ccc1N1CCCCCC1C. The average Bonchev–Trinajstić information content (AvgIpc) is 2.62. The molecule has 1 N–H and O–H groups in total. The van der Waals surface area contributed by atoms with Gasteiger partial charge in [0, 0.05) is 24.3 Å². The first-order chi connectivity index (χ1) is 9.13. The van der Waals surface area contributed by atoms with Crippen molar-refractivity contribution in [3.05, 3.63) is 29.6 Å². The van der Waals surface area contributed by atoms with Crippen LogP contribution in [0.3, 0.4) is 0 Å². The maximum Gasteiger partial charge on any atom is 0.123 e. The van der Waals surface area contributed by atoms with E-state index in [0.717, 1.165) is 12.1 Å². The van der Waals surface area contributed by atoms with Gasteiger partial charge in [0.1, 0.15) is 5.82 Å². The largest absolute Gasteiger partial charge is 0.369 e. The number of rotatable bonds is 3. The Morgan fingerprint density at radius 1 is 1.32 bits per heavy atom. The fourth-order valence-corrected chi connectivity index (χ4v) is 2.92. The number of halogens is 1. The second kappa shape index (κ2) is 6.38. The highest BCUT2D eigenvalue weighted by Gasteiger charge is 2.21. The molecule has 1 aromatic rings. The third-order valence-corrected chi connectivity index (χ3v) is 4.25. The average molecular weight is 264 g/mol. The summed E-state index contributed by atoms with van der Waals surface area (Å²) in [5.74, 6) is -0.150. The lowest BCUT2D eigenvalue weighted by Crippen LogP contribution is -2.34. The molecule has 1 aromatic carbocycles. The van der Waals surface area contributed by atoms with Gasteiger partial charge in [-0.1, -0.05) is 12.8 Å². The Morgan fingerprint density at radius 2 is 2.11 bits per heavy atom. The Labute approximate surface area is 116 Å². The summed E-state index contributed by atoms with van der Waals surface area (Å²) in [6, 6.07) is 5.91. The molecule has 0 aromatic heterocycles. The Bertz CT molecular complexity index is 419. The first-order valence-electron chi connectivity index (χ1n) is 7.37. The molecule has 2 nitrogen and oxygen atoms in total. The number of nitrogens with one attached hydrogen (secondary N) is 1. The lowest BCUT2D eigenvalue weighted by atomic mass is 10.0. The van der Waals surface area contributed by atoms with Crippen molar-refractivity contribution in [3.8, 4) is 0 Å². The third kappa shape index (κ3) is 3.27. The van der Waals surface area contributed by atoms with Crippen molar-refractivity contribution in [2.24, 2.45) is 0 Å². The standard InChI is InChI=1S/C16H25FN2/c1-12-7-5-4-6-10-19(12)16-9-8-14(17)11-15(16)13(2)18-3/h8-9,11-13,18H,4-7,10H2,1-3H3. The zero-order chi connectivity index (χ0) is 13.8. The van der Waals surface area contributed by atoms with Crippen LogP contribution in [-0.2, 0) is 0 Å². The van der Waals surface area contributed by atoms with Gasteiger partial charge >= 0.3 is 0 Å². The van der Waals surface area contributed by atoms with Crippen LogP contribution < -0.4 is 10.2 Å². The fourth-order valence-electron chi connectivity index (χ4n) is 2.92. The molecule has 0 amide bonds. The molecule has 19 heavy (non-hydrogen) atoms. The first kappa shape index (κ1) is 14.3. The van der Waals surface area contributed by atoms with E-state index in [1.165, 1.54) is 31.4 Å². The molecule has 1 aliphatic heterocycles. The summed E-state index contributed by atoms with van der Waals surface area (Å²) < 4.78 is 13.5. The maximum absolute atomic E-state index is 13.5. The molecule has 106 valence electrons. The second-order valence-corrected chi connectivity index (χ2v) is 5.61. The van der Waals surface area contributed by atoms with E-state index in [2.05, 4.69) is 24.1 Å². The van der Waals surface area contributed by atoms with Crippen molar-refractivity contribution in [1.82, 2.24) is 5.32 Å². The molecule has 0 saturated carbocycles. The van der Waals surface area contributed by atoms with Gasteiger partial charge in [0.05, 0.1) is 0 Å². The van der Waals surface area contributed by atoms with Crippen LogP contribution in [0, 0.1) is 5.82 Å². The fraction of sp³-hybridized carbons (Fsp3) is 0.625. The minimum Gasteiger partial charge on any atom is -0.369 e. The van der Waals surface area contributed by atoms with Crippen molar-refractivity contribution in [1.29, 1.82) is 0 Å². The molecule has 0 aliphatic carbocycles. The highest BCUT2D eigenvalue weighted by atomic mass is 19.1. The first-order valence-corrected chi connectivity index (χ1v) is 7.37. The van der Waals surface area contributed by atoms with Gasteiger partial charge < -0.3 is 10.2 Å². The van der Waals surface area contributed by atoms with Crippen LogP contribution in [0.2, 0.25) is 0 Å². The maximum atomic E-state index is 13.5. The summed E-state index contributed by atoms with van der Waals surface area (Å²) in [7, 11) is 1.92. The van der Waals surface area contributed by atoms with E-state index in [0.29, 0.717) is 6.04 Å². The van der Waals surface area contributed by atoms with E-state index in [9.17, 15) is 4.39 Å². The van der Waals surface area contributed by atoms with Gasteiger partial charge in [-0.15, -0.1) is 0 Å². The van der Waals surface area contributed by atoms with Gasteiger partial charge in [0.15, 0.2) is 0 Å². The van der Waals surface area contributed by atoms with Crippen LogP contribution in [0.1, 0.15) is 51.1 Å². The van der Waals surface area contributed by atoms with Gasteiger partial charge in [-0.05, 0) is 57.5 Å². The van der Waals surface area contributed by atoms with Gasteiger partial charge in [-0.3, -0.25) is 0 Å². The number of benzene rings is 1. The molecule has 3 heteroatoms. The molecular weight excluding hydrogens is 239 g/mol. The summed E-state index contributed by atoms with van der Waals surface area (Å²) in [5, 5.41) is 3.23. The highest BCUT2D eigenvalue weighted by Crippen LogP contribution is 2.31. The van der Waals surface area contributed by atoms with Crippen LogP contribution >= 0.6 is 0 Å². The molecule has 0 spiro atoms. The van der Waals surface area contributed by atoms with Crippen molar-refractivity contribution in [3.63, 3.8) is 0 Å². The molecule has 1 aliphatic rings. The lowest BCUT2D eigenvalue weighted by Gasteiger charge is -2.32. The van der Waals surface area contributed by atoms with Crippen molar-refractivity contribution >= 4 is 5.69 Å². The molecule has 1 fully saturated rings. The minimum atomic E-state index is -0.150. The molecule has 1 heterocycles. The molecule has 0 radical (unpaired) electrons. The minimum absolute atomic E-state index is 0.150. The van der Waals surface area contributed by atoms with Crippen LogP contribution in [0.25, 0.3) is 0 Å². The Balaban J connectivity index is 2.36. The summed E-state index contributed by atoms with van der Waals surface area (Å²) in [4.78, 5) is 2.45. The molecule has 1 saturated heterocycles. The Kier molecular flexibility index (Phi) is 4.81. The molecule has 2 atom stereocenters. The lowest BCUT2D eigenvalue weighted by molar-refractivity contribution is 0.589. The van der Waals surface area contributed by atoms with Gasteiger partial charge in [-0.25, -0.2) is 4.39 Å². The Hall–Kier alpha value is -1.09. The van der Waals surface area contributed by atoms with Crippen LogP contribution in [0.4, 0.5) is 10.1 Å². The number of nitrogens with zero attached hydrogens (tertiary/aromatic N) is 1. The molecule has 2 unspecified atom stereocenters. The summed E-state index contributed by atoms with van der Waals surface area (Å²) in [6.07, 6.45) is 5.06. The van der Waals surface area contributed by atoms with Crippen LogP contribution in [-0.4, -0.2) is 19.6 Å². The molecule has 2 rings (SSSR count). The van der Waals surface area contributed by atoms with Crippen molar-refractivity contribution in [2.45, 2.75) is 51.6 Å². The quantitative estimate of drug-likeness (QED) is 0.891. The highest BCUT2D eigenvalue weighted by molar-refractivity contribution is 5.56. The molecular formula is C16H25FN2. The monoisotopic (exact) mass is 264 g/mol. The summed E-state index contributed by atoms with van der Waals surface area (Å²) in [5.41, 5.74) is 2.26. The zero-order valence-electron chi connectivity index (χ0n) is 12.2. The van der Waals surface area contributed by atoms with Gasteiger partial charge in [0.25, 0.3) is 0 Å². The van der Waals surface area contributed by atoms with E-state index in [1.54, 1.807) is 12.1 Å². The Morgan fingerprint density at radius 3 is 2.84 bits per heavy atom. The van der Waals surface area contributed by atoms with Crippen LogP contribution in [0.15, 0.2) is 18.2 Å². The van der Waals surface area contributed by atoms with E-state index >= 15 is 0 Å². The van der Waals surface area contributed by atoms with E-state index in [-0.39, 0.29) is 11.9 Å². The van der Waals surface area contributed by atoms with E-state index in [1.807, 2.05) is 13.1 Å². The second-order valence-electron chi connectivity index (χ2n) is 5.61. The van der Waals surface area contributed by atoms with Gasteiger partial charge in [0.2, 0.25) is 0 Å². The number of anilines is 1. The topological polar surface area (TPSA) is 15.3 Å². The predicted octanol–water partition coefficient (Wildman–Crippen LogP) is 3.88. The van der Waals surface area contributed by atoms with Crippen LogP contribution in [0.5, 0.6) is 0 Å². The molecule has 0 bridgehead atoms. The number of hydrogen-bond donors (Lipinski definition) is 1. The van der Waals surface area contributed by atoms with E-state index < -0.39 is 0 Å². The van der Waals surface area contributed by atoms with Crippen molar-refractivity contribution in [2.75, 3.05) is 18.5 Å². The third-order valence-electron chi connectivity index (χ3n) is 4.25. The number of hydrogen-bond acceptors (Lipinski definition) is 2. The normalized spacial score (nSPS) is 22.1. The smallest absolute Gasteiger partial charge is 0.123 e.